The van der Waals surface area contributed by atoms with Crippen LogP contribution in [0.15, 0.2) is 35.2 Å². The van der Waals surface area contributed by atoms with Crippen molar-refractivity contribution in [2.24, 2.45) is 5.73 Å². The average Bonchev–Trinajstić information content (AvgIpc) is 2.81. The molecule has 16 heavy (non-hydrogen) atoms. The van der Waals surface area contributed by atoms with Gasteiger partial charge in [-0.15, -0.1) is 0 Å². The normalized spacial score (nSPS) is 10.3. The molecule has 0 fully saturated rings. The molecule has 1 aromatic carbocycles. The van der Waals surface area contributed by atoms with E-state index in [2.05, 4.69) is 14.7 Å². The van der Waals surface area contributed by atoms with Gasteiger partial charge >= 0.3 is 0 Å². The fourth-order valence-corrected chi connectivity index (χ4v) is 1.40. The molecule has 5 heteroatoms. The molecule has 0 atom stereocenters. The van der Waals surface area contributed by atoms with E-state index in [0.29, 0.717) is 19.0 Å². The first-order chi connectivity index (χ1) is 7.90. The Morgan fingerprint density at radius 3 is 2.94 bits per heavy atom. The van der Waals surface area contributed by atoms with Crippen LogP contribution in [0.2, 0.25) is 0 Å². The molecule has 0 unspecified atom stereocenters. The third-order valence-corrected chi connectivity index (χ3v) is 2.15. The van der Waals surface area contributed by atoms with Crippen molar-refractivity contribution in [3.8, 4) is 5.75 Å². The largest absolute Gasteiger partial charge is 0.485 e. The van der Waals surface area contributed by atoms with Gasteiger partial charge in [0.2, 0.25) is 12.2 Å². The van der Waals surface area contributed by atoms with Gasteiger partial charge in [0.25, 0.3) is 0 Å². The molecule has 5 nitrogen and oxygen atoms in total. The summed E-state index contributed by atoms with van der Waals surface area (Å²) in [6, 6.07) is 7.79. The molecule has 0 saturated heterocycles. The van der Waals surface area contributed by atoms with Crippen molar-refractivity contribution in [2.75, 3.05) is 6.54 Å². The van der Waals surface area contributed by atoms with Crippen LogP contribution in [0.3, 0.4) is 0 Å². The molecular formula is C11H13N3O2. The van der Waals surface area contributed by atoms with Gasteiger partial charge in [0.15, 0.2) is 6.61 Å². The van der Waals surface area contributed by atoms with Crippen LogP contribution in [-0.4, -0.2) is 16.7 Å². The van der Waals surface area contributed by atoms with Crippen molar-refractivity contribution < 1.29 is 9.26 Å². The molecule has 0 amide bonds. The van der Waals surface area contributed by atoms with E-state index in [9.17, 15) is 0 Å². The molecule has 2 rings (SSSR count). The maximum Gasteiger partial charge on any atom is 0.213 e. The minimum absolute atomic E-state index is 0.304. The van der Waals surface area contributed by atoms with Crippen molar-refractivity contribution in [1.82, 2.24) is 10.1 Å². The summed E-state index contributed by atoms with van der Waals surface area (Å²) >= 11 is 0. The Balaban J connectivity index is 2.03. The highest BCUT2D eigenvalue weighted by molar-refractivity contribution is 5.33. The number of aromatic nitrogens is 2. The first-order valence-corrected chi connectivity index (χ1v) is 5.06. The molecule has 2 aromatic rings. The smallest absolute Gasteiger partial charge is 0.213 e. The summed E-state index contributed by atoms with van der Waals surface area (Å²) in [6.07, 6.45) is 2.08. The second-order valence-electron chi connectivity index (χ2n) is 3.28. The summed E-state index contributed by atoms with van der Waals surface area (Å²) in [5, 5.41) is 3.67. The highest BCUT2D eigenvalue weighted by atomic mass is 16.5. The Labute approximate surface area is 93.2 Å². The maximum atomic E-state index is 5.59. The standard InChI is InChI=1S/C11H13N3O2/c12-6-5-9-3-1-2-4-10(9)15-7-11-13-8-16-14-11/h1-4,8H,5-7,12H2. The van der Waals surface area contributed by atoms with Crippen molar-refractivity contribution in [1.29, 1.82) is 0 Å². The summed E-state index contributed by atoms with van der Waals surface area (Å²) in [5.74, 6) is 1.35. The lowest BCUT2D eigenvalue weighted by Gasteiger charge is -2.08. The number of nitrogens with two attached hydrogens (primary N) is 1. The van der Waals surface area contributed by atoms with Crippen LogP contribution in [0.4, 0.5) is 0 Å². The zero-order chi connectivity index (χ0) is 11.2. The Morgan fingerprint density at radius 1 is 1.31 bits per heavy atom. The predicted molar refractivity (Wildman–Crippen MR) is 57.8 cm³/mol. The van der Waals surface area contributed by atoms with Crippen LogP contribution < -0.4 is 10.5 Å². The third kappa shape index (κ3) is 2.58. The average molecular weight is 219 g/mol. The van der Waals surface area contributed by atoms with Crippen molar-refractivity contribution in [3.63, 3.8) is 0 Å². The van der Waals surface area contributed by atoms with E-state index in [1.165, 1.54) is 6.39 Å². The second kappa shape index (κ2) is 5.27. The van der Waals surface area contributed by atoms with E-state index in [1.54, 1.807) is 0 Å². The number of ether oxygens (including phenoxy) is 1. The SMILES string of the molecule is NCCc1ccccc1OCc1ncon1. The van der Waals surface area contributed by atoms with E-state index < -0.39 is 0 Å². The number of hydrogen-bond donors (Lipinski definition) is 1. The van der Waals surface area contributed by atoms with Gasteiger partial charge in [0.05, 0.1) is 0 Å². The number of para-hydroxylation sites is 1. The first-order valence-electron chi connectivity index (χ1n) is 5.06. The van der Waals surface area contributed by atoms with Crippen molar-refractivity contribution in [2.45, 2.75) is 13.0 Å². The van der Waals surface area contributed by atoms with Gasteiger partial charge in [-0.25, -0.2) is 0 Å². The Bertz CT molecular complexity index is 429. The fraction of sp³-hybridized carbons (Fsp3) is 0.273. The summed E-state index contributed by atoms with van der Waals surface area (Å²) in [6.45, 7) is 0.903. The van der Waals surface area contributed by atoms with Gasteiger partial charge in [0.1, 0.15) is 5.75 Å². The lowest BCUT2D eigenvalue weighted by atomic mass is 10.1. The van der Waals surface area contributed by atoms with Crippen LogP contribution in [0.5, 0.6) is 5.75 Å². The lowest BCUT2D eigenvalue weighted by molar-refractivity contribution is 0.284. The zero-order valence-electron chi connectivity index (χ0n) is 8.80. The minimum Gasteiger partial charge on any atom is -0.485 e. The fourth-order valence-electron chi connectivity index (χ4n) is 1.40. The zero-order valence-corrected chi connectivity index (χ0v) is 8.80. The molecule has 84 valence electrons. The van der Waals surface area contributed by atoms with E-state index in [4.69, 9.17) is 10.5 Å². The maximum absolute atomic E-state index is 5.59. The van der Waals surface area contributed by atoms with Crippen LogP contribution in [0.1, 0.15) is 11.4 Å². The first kappa shape index (κ1) is 10.6. The molecule has 1 aromatic heterocycles. The number of nitrogens with zero attached hydrogens (tertiary/aromatic N) is 2. The van der Waals surface area contributed by atoms with Gasteiger partial charge in [-0.1, -0.05) is 23.4 Å². The van der Waals surface area contributed by atoms with E-state index in [0.717, 1.165) is 17.7 Å². The molecular weight excluding hydrogens is 206 g/mol. The van der Waals surface area contributed by atoms with Gasteiger partial charge < -0.3 is 15.0 Å². The molecule has 0 saturated carbocycles. The van der Waals surface area contributed by atoms with E-state index in [1.807, 2.05) is 24.3 Å². The number of benzene rings is 1. The molecule has 1 heterocycles. The van der Waals surface area contributed by atoms with Crippen LogP contribution in [0.25, 0.3) is 0 Å². The number of rotatable bonds is 5. The topological polar surface area (TPSA) is 74.2 Å². The molecule has 2 N–H and O–H groups in total. The van der Waals surface area contributed by atoms with Crippen molar-refractivity contribution in [3.05, 3.63) is 42.0 Å². The summed E-state index contributed by atoms with van der Waals surface area (Å²) < 4.78 is 10.2. The summed E-state index contributed by atoms with van der Waals surface area (Å²) in [7, 11) is 0. The number of hydrogen-bond acceptors (Lipinski definition) is 5. The van der Waals surface area contributed by atoms with Gasteiger partial charge in [-0.2, -0.15) is 4.98 Å². The van der Waals surface area contributed by atoms with Gasteiger partial charge in [-0.3, -0.25) is 0 Å². The van der Waals surface area contributed by atoms with Crippen LogP contribution in [-0.2, 0) is 13.0 Å². The quantitative estimate of drug-likeness (QED) is 0.816. The van der Waals surface area contributed by atoms with Crippen LogP contribution >= 0.6 is 0 Å². The molecule has 0 bridgehead atoms. The summed E-state index contributed by atoms with van der Waals surface area (Å²) in [4.78, 5) is 3.88. The highest BCUT2D eigenvalue weighted by Crippen LogP contribution is 2.18. The Hall–Kier alpha value is -1.88. The Morgan fingerprint density at radius 2 is 2.19 bits per heavy atom. The van der Waals surface area contributed by atoms with Crippen molar-refractivity contribution >= 4 is 0 Å². The van der Waals surface area contributed by atoms with E-state index >= 15 is 0 Å². The highest BCUT2D eigenvalue weighted by Gasteiger charge is 2.04. The summed E-state index contributed by atoms with van der Waals surface area (Å²) in [5.41, 5.74) is 6.62. The van der Waals surface area contributed by atoms with Gasteiger partial charge in [0, 0.05) is 0 Å². The molecule has 0 radical (unpaired) electrons. The van der Waals surface area contributed by atoms with E-state index in [-0.39, 0.29) is 0 Å². The van der Waals surface area contributed by atoms with Gasteiger partial charge in [-0.05, 0) is 24.6 Å². The molecule has 0 spiro atoms. The molecule has 0 aliphatic carbocycles. The second-order valence-corrected chi connectivity index (χ2v) is 3.28. The molecule has 0 aliphatic heterocycles. The molecule has 0 aliphatic rings. The minimum atomic E-state index is 0.304. The third-order valence-electron chi connectivity index (χ3n) is 2.15. The monoisotopic (exact) mass is 219 g/mol. The Kier molecular flexibility index (Phi) is 3.50. The lowest BCUT2D eigenvalue weighted by Crippen LogP contribution is -2.05. The predicted octanol–water partition coefficient (Wildman–Crippen LogP) is 1.15. The van der Waals surface area contributed by atoms with Crippen LogP contribution in [0, 0.1) is 0 Å².